The van der Waals surface area contributed by atoms with Crippen molar-refractivity contribution in [2.45, 2.75) is 57.0 Å². The lowest BCUT2D eigenvalue weighted by Crippen LogP contribution is -2.51. The number of urea groups is 1. The van der Waals surface area contributed by atoms with Crippen molar-refractivity contribution in [1.82, 2.24) is 29.0 Å². The fourth-order valence-corrected chi connectivity index (χ4v) is 9.68. The molecule has 12 nitrogen and oxygen atoms in total. The summed E-state index contributed by atoms with van der Waals surface area (Å²) in [4.78, 5) is 42.1. The van der Waals surface area contributed by atoms with Gasteiger partial charge in [0.15, 0.2) is 0 Å². The Hall–Kier alpha value is -3.91. The number of carbonyl (C=O) groups excluding carboxylic acids is 1. The Morgan fingerprint density at radius 3 is 2.52 bits per heavy atom. The average molecular weight is 613 g/mol. The largest absolute Gasteiger partial charge is 0.480 e. The van der Waals surface area contributed by atoms with Crippen LogP contribution in [-0.4, -0.2) is 82.1 Å². The highest BCUT2D eigenvalue weighted by atomic mass is 32.2. The van der Waals surface area contributed by atoms with E-state index in [0.717, 1.165) is 15.1 Å². The third kappa shape index (κ3) is 6.28. The van der Waals surface area contributed by atoms with Gasteiger partial charge in [0.05, 0.1) is 28.5 Å². The second-order valence-corrected chi connectivity index (χ2v) is 19.6. The summed E-state index contributed by atoms with van der Waals surface area (Å²) in [6.07, 6.45) is 2.61. The van der Waals surface area contributed by atoms with Crippen LogP contribution in [0.3, 0.4) is 0 Å². The van der Waals surface area contributed by atoms with Gasteiger partial charge in [-0.05, 0) is 48.7 Å². The fraction of sp³-hybridized carbons (Fsp3) is 0.429. The summed E-state index contributed by atoms with van der Waals surface area (Å²) in [5.41, 5.74) is 2.47. The quantitative estimate of drug-likeness (QED) is 0.245. The number of benzene rings is 2. The Morgan fingerprint density at radius 2 is 1.83 bits per heavy atom. The molecule has 4 aromatic rings. The predicted octanol–water partition coefficient (Wildman–Crippen LogP) is 3.24. The molecule has 2 aromatic heterocycles. The number of rotatable bonds is 9. The Kier molecular flexibility index (Phi) is 8.03. The van der Waals surface area contributed by atoms with Crippen molar-refractivity contribution in [3.05, 3.63) is 64.7 Å². The molecule has 2 aromatic carbocycles. The molecule has 5 rings (SSSR count). The SMILES string of the molecule is C[Si](C)(C)CCS(=O)(=O)n1ncc2cc(CC(NC(=O)N3CCC(n4c(=O)[nH]c5ccccc54)CC3)C(=O)O)ccc21. The molecule has 1 unspecified atom stereocenters. The van der Waals surface area contributed by atoms with Gasteiger partial charge in [0, 0.05) is 39.0 Å². The van der Waals surface area contributed by atoms with E-state index in [9.17, 15) is 27.9 Å². The third-order valence-corrected chi connectivity index (χ3v) is 11.4. The van der Waals surface area contributed by atoms with Gasteiger partial charge >= 0.3 is 17.7 Å². The van der Waals surface area contributed by atoms with E-state index >= 15 is 0 Å². The second kappa shape index (κ2) is 11.4. The Labute approximate surface area is 244 Å². The van der Waals surface area contributed by atoms with Crippen LogP contribution >= 0.6 is 0 Å². The van der Waals surface area contributed by atoms with Crippen LogP contribution in [0.15, 0.2) is 53.5 Å². The van der Waals surface area contributed by atoms with E-state index in [-0.39, 0.29) is 23.9 Å². The molecule has 3 N–H and O–H groups in total. The molecular formula is C28H36N6O6SSi. The monoisotopic (exact) mass is 612 g/mol. The smallest absolute Gasteiger partial charge is 0.326 e. The molecule has 1 aliphatic rings. The average Bonchev–Trinajstić information content (AvgIpc) is 3.51. The lowest BCUT2D eigenvalue weighted by Gasteiger charge is -2.33. The number of carboxylic acids is 1. The van der Waals surface area contributed by atoms with Crippen molar-refractivity contribution in [2.24, 2.45) is 0 Å². The van der Waals surface area contributed by atoms with Crippen LogP contribution in [0.4, 0.5) is 4.79 Å². The minimum Gasteiger partial charge on any atom is -0.480 e. The molecule has 0 radical (unpaired) electrons. The number of aromatic nitrogens is 4. The van der Waals surface area contributed by atoms with Gasteiger partial charge < -0.3 is 20.3 Å². The zero-order valence-corrected chi connectivity index (χ0v) is 25.7. The highest BCUT2D eigenvalue weighted by molar-refractivity contribution is 7.90. The first kappa shape index (κ1) is 29.6. The Balaban J connectivity index is 1.23. The molecule has 1 saturated heterocycles. The van der Waals surface area contributed by atoms with E-state index in [4.69, 9.17) is 0 Å². The summed E-state index contributed by atoms with van der Waals surface area (Å²) in [5.74, 6) is -1.15. The Morgan fingerprint density at radius 1 is 1.12 bits per heavy atom. The Bertz CT molecular complexity index is 1800. The number of fused-ring (bicyclic) bond motifs is 2. The normalized spacial score (nSPS) is 15.7. The number of carbonyl (C=O) groups is 2. The number of nitrogens with zero attached hydrogens (tertiary/aromatic N) is 4. The van der Waals surface area contributed by atoms with Crippen LogP contribution in [0.5, 0.6) is 0 Å². The van der Waals surface area contributed by atoms with E-state index in [2.05, 4.69) is 35.0 Å². The number of nitrogens with one attached hydrogen (secondary N) is 2. The molecule has 42 heavy (non-hydrogen) atoms. The number of imidazole rings is 1. The molecule has 3 heterocycles. The fourth-order valence-electron chi connectivity index (χ4n) is 5.37. The van der Waals surface area contributed by atoms with Gasteiger partial charge in [-0.15, -0.1) is 0 Å². The van der Waals surface area contributed by atoms with Gasteiger partial charge in [-0.25, -0.2) is 22.8 Å². The van der Waals surface area contributed by atoms with Crippen LogP contribution in [-0.2, 0) is 21.2 Å². The van der Waals surface area contributed by atoms with Gasteiger partial charge in [0.25, 0.3) is 10.0 Å². The number of aromatic amines is 1. The molecular weight excluding hydrogens is 576 g/mol. The first-order valence-corrected chi connectivity index (χ1v) is 19.3. The van der Waals surface area contributed by atoms with Crippen LogP contribution in [0.1, 0.15) is 24.4 Å². The number of likely N-dealkylation sites (tertiary alicyclic amines) is 1. The van der Waals surface area contributed by atoms with Crippen LogP contribution in [0.2, 0.25) is 25.7 Å². The number of carboxylic acid groups (broad SMARTS) is 1. The molecule has 1 aliphatic heterocycles. The molecule has 1 fully saturated rings. The van der Waals surface area contributed by atoms with Crippen molar-refractivity contribution in [2.75, 3.05) is 18.8 Å². The lowest BCUT2D eigenvalue weighted by atomic mass is 10.0. The van der Waals surface area contributed by atoms with Crippen LogP contribution < -0.4 is 11.0 Å². The molecule has 0 bridgehead atoms. The van der Waals surface area contributed by atoms with Gasteiger partial charge in [0.2, 0.25) is 0 Å². The lowest BCUT2D eigenvalue weighted by molar-refractivity contribution is -0.139. The van der Waals surface area contributed by atoms with Crippen LogP contribution in [0.25, 0.3) is 21.9 Å². The third-order valence-electron chi connectivity index (χ3n) is 7.75. The van der Waals surface area contributed by atoms with E-state index in [1.807, 2.05) is 24.3 Å². The number of piperidine rings is 1. The summed E-state index contributed by atoms with van der Waals surface area (Å²) in [6, 6.07) is 11.4. The number of para-hydroxylation sites is 2. The van der Waals surface area contributed by atoms with Gasteiger partial charge in [-0.2, -0.15) is 9.19 Å². The summed E-state index contributed by atoms with van der Waals surface area (Å²) >= 11 is 0. The first-order chi connectivity index (χ1) is 19.8. The molecule has 0 spiro atoms. The number of H-pyrrole nitrogens is 1. The summed E-state index contributed by atoms with van der Waals surface area (Å²) in [6.45, 7) is 7.11. The van der Waals surface area contributed by atoms with E-state index in [1.54, 1.807) is 27.7 Å². The number of hydrogen-bond acceptors (Lipinski definition) is 6. The topological polar surface area (TPSA) is 159 Å². The summed E-state index contributed by atoms with van der Waals surface area (Å²) in [5, 5.41) is 17.2. The molecule has 0 saturated carbocycles. The molecule has 1 atom stereocenters. The highest BCUT2D eigenvalue weighted by Gasteiger charge is 2.29. The van der Waals surface area contributed by atoms with E-state index < -0.39 is 36.1 Å². The van der Waals surface area contributed by atoms with Crippen molar-refractivity contribution < 1.29 is 23.1 Å². The molecule has 14 heteroatoms. The number of hydrogen-bond donors (Lipinski definition) is 3. The van der Waals surface area contributed by atoms with Crippen molar-refractivity contribution >= 4 is 52.0 Å². The molecule has 224 valence electrons. The maximum absolute atomic E-state index is 13.0. The van der Waals surface area contributed by atoms with Crippen molar-refractivity contribution in [1.29, 1.82) is 0 Å². The minimum atomic E-state index is -3.62. The maximum Gasteiger partial charge on any atom is 0.326 e. The first-order valence-electron chi connectivity index (χ1n) is 14.0. The number of aliphatic carboxylic acids is 1. The zero-order chi connectivity index (χ0) is 30.2. The highest BCUT2D eigenvalue weighted by Crippen LogP contribution is 2.25. The van der Waals surface area contributed by atoms with Crippen molar-refractivity contribution in [3.8, 4) is 0 Å². The van der Waals surface area contributed by atoms with Gasteiger partial charge in [-0.1, -0.05) is 37.8 Å². The molecule has 0 aliphatic carbocycles. The molecule has 2 amide bonds. The van der Waals surface area contributed by atoms with E-state index in [1.165, 1.54) is 6.20 Å². The van der Waals surface area contributed by atoms with Crippen molar-refractivity contribution in [3.63, 3.8) is 0 Å². The maximum atomic E-state index is 13.0. The number of amides is 2. The predicted molar refractivity (Wildman–Crippen MR) is 163 cm³/mol. The second-order valence-electron chi connectivity index (χ2n) is 12.1. The minimum absolute atomic E-state index is 0.0180. The standard InChI is InChI=1S/C28H36N6O6SSi/c1-42(2,3)15-14-41(39,40)34-24-9-8-19(16-20(24)18-29-34)17-23(26(35)36)31-27(37)32-12-10-21(11-13-32)33-25-7-5-4-6-22(25)30-28(33)38/h4-9,16,18,21,23H,10-15,17H2,1-3H3,(H,30,38)(H,31,37)(H,35,36). The summed E-state index contributed by atoms with van der Waals surface area (Å²) < 4.78 is 28.6. The summed E-state index contributed by atoms with van der Waals surface area (Å²) in [7, 11) is -5.19. The van der Waals surface area contributed by atoms with E-state index in [0.29, 0.717) is 48.4 Å². The van der Waals surface area contributed by atoms with Gasteiger partial charge in [-0.3, -0.25) is 4.57 Å². The zero-order valence-electron chi connectivity index (χ0n) is 23.9. The van der Waals surface area contributed by atoms with Gasteiger partial charge in [0.1, 0.15) is 6.04 Å². The van der Waals surface area contributed by atoms with Crippen LogP contribution in [0, 0.1) is 0 Å².